The molecular formula is C17H20ClN. The van der Waals surface area contributed by atoms with Crippen LogP contribution in [0.5, 0.6) is 0 Å². The molecule has 19 heavy (non-hydrogen) atoms. The third-order valence-electron chi connectivity index (χ3n) is 3.25. The minimum absolute atomic E-state index is 0.200. The first-order chi connectivity index (χ1) is 9.20. The summed E-state index contributed by atoms with van der Waals surface area (Å²) < 4.78 is 0. The third kappa shape index (κ3) is 3.74. The molecule has 0 spiro atoms. The van der Waals surface area contributed by atoms with Gasteiger partial charge in [-0.2, -0.15) is 0 Å². The lowest BCUT2D eigenvalue weighted by atomic mass is 10.1. The van der Waals surface area contributed by atoms with Crippen molar-refractivity contribution in [3.63, 3.8) is 0 Å². The average Bonchev–Trinajstić information content (AvgIpc) is 2.42. The Morgan fingerprint density at radius 3 is 2.37 bits per heavy atom. The van der Waals surface area contributed by atoms with Gasteiger partial charge in [-0.25, -0.2) is 0 Å². The lowest BCUT2D eigenvalue weighted by Gasteiger charge is -2.17. The molecule has 0 aliphatic rings. The fraction of sp³-hybridized carbons (Fsp3) is 0.294. The second-order valence-corrected chi connectivity index (χ2v) is 5.24. The molecule has 0 fully saturated rings. The zero-order valence-corrected chi connectivity index (χ0v) is 12.2. The van der Waals surface area contributed by atoms with Gasteiger partial charge in [0.1, 0.15) is 0 Å². The van der Waals surface area contributed by atoms with Gasteiger partial charge < -0.3 is 5.32 Å². The number of halogens is 1. The van der Waals surface area contributed by atoms with Gasteiger partial charge in [0.05, 0.1) is 0 Å². The minimum Gasteiger partial charge on any atom is -0.378 e. The third-order valence-corrected chi connectivity index (χ3v) is 3.59. The molecule has 1 unspecified atom stereocenters. The monoisotopic (exact) mass is 273 g/mol. The summed E-state index contributed by atoms with van der Waals surface area (Å²) in [5.41, 5.74) is 3.65. The Bertz CT molecular complexity index is 519. The molecule has 0 heterocycles. The Kier molecular flexibility index (Phi) is 4.86. The molecule has 0 aromatic heterocycles. The minimum atomic E-state index is 0.200. The number of nitrogens with one attached hydrogen (secondary N) is 1. The molecule has 0 saturated heterocycles. The number of anilines is 1. The van der Waals surface area contributed by atoms with Crippen LogP contribution in [-0.2, 0) is 6.42 Å². The van der Waals surface area contributed by atoms with Crippen molar-refractivity contribution < 1.29 is 0 Å². The largest absolute Gasteiger partial charge is 0.378 e. The predicted molar refractivity (Wildman–Crippen MR) is 83.9 cm³/mol. The normalized spacial score (nSPS) is 12.2. The summed E-state index contributed by atoms with van der Waals surface area (Å²) in [5.74, 6) is 0. The van der Waals surface area contributed by atoms with Gasteiger partial charge in [-0.05, 0) is 42.7 Å². The number of aryl methyl sites for hydroxylation is 1. The van der Waals surface area contributed by atoms with Crippen molar-refractivity contribution in [1.82, 2.24) is 0 Å². The highest BCUT2D eigenvalue weighted by Gasteiger charge is 2.08. The molecule has 100 valence electrons. The van der Waals surface area contributed by atoms with E-state index in [1.165, 1.54) is 12.0 Å². The molecule has 2 aromatic carbocycles. The fourth-order valence-corrected chi connectivity index (χ4v) is 2.51. The highest BCUT2D eigenvalue weighted by atomic mass is 35.5. The lowest BCUT2D eigenvalue weighted by Crippen LogP contribution is -2.07. The summed E-state index contributed by atoms with van der Waals surface area (Å²) in [5, 5.41) is 4.29. The maximum atomic E-state index is 6.21. The lowest BCUT2D eigenvalue weighted by molar-refractivity contribution is 0.883. The standard InChI is InChI=1S/C17H20ClN/c1-3-6-14-9-11-15(12-10-14)19-13(2)16-7-4-5-8-17(16)18/h4-5,7-13,19H,3,6H2,1-2H3. The fourth-order valence-electron chi connectivity index (χ4n) is 2.21. The molecule has 0 bridgehead atoms. The Balaban J connectivity index is 2.06. The molecular weight excluding hydrogens is 254 g/mol. The second-order valence-electron chi connectivity index (χ2n) is 4.83. The summed E-state index contributed by atoms with van der Waals surface area (Å²) in [7, 11) is 0. The van der Waals surface area contributed by atoms with Gasteiger partial charge in [0.25, 0.3) is 0 Å². The van der Waals surface area contributed by atoms with Crippen LogP contribution in [0, 0.1) is 0 Å². The van der Waals surface area contributed by atoms with Crippen molar-refractivity contribution in [3.05, 3.63) is 64.7 Å². The number of benzene rings is 2. The summed E-state index contributed by atoms with van der Waals surface area (Å²) in [6.45, 7) is 4.33. The molecule has 1 N–H and O–H groups in total. The van der Waals surface area contributed by atoms with Gasteiger partial charge >= 0.3 is 0 Å². The van der Waals surface area contributed by atoms with E-state index in [9.17, 15) is 0 Å². The smallest absolute Gasteiger partial charge is 0.0500 e. The molecule has 0 saturated carbocycles. The van der Waals surface area contributed by atoms with E-state index in [1.54, 1.807) is 0 Å². The van der Waals surface area contributed by atoms with Crippen LogP contribution in [0.15, 0.2) is 48.5 Å². The molecule has 2 rings (SSSR count). The van der Waals surface area contributed by atoms with Crippen molar-refractivity contribution in [2.24, 2.45) is 0 Å². The Labute approximate surface area is 120 Å². The van der Waals surface area contributed by atoms with Crippen molar-refractivity contribution >= 4 is 17.3 Å². The summed E-state index contributed by atoms with van der Waals surface area (Å²) in [4.78, 5) is 0. The van der Waals surface area contributed by atoms with Gasteiger partial charge in [-0.3, -0.25) is 0 Å². The van der Waals surface area contributed by atoms with E-state index in [-0.39, 0.29) is 6.04 Å². The number of hydrogen-bond acceptors (Lipinski definition) is 1. The molecule has 0 aliphatic heterocycles. The van der Waals surface area contributed by atoms with Gasteiger partial charge in [0, 0.05) is 16.8 Å². The van der Waals surface area contributed by atoms with Gasteiger partial charge in [0.15, 0.2) is 0 Å². The quantitative estimate of drug-likeness (QED) is 0.762. The zero-order chi connectivity index (χ0) is 13.7. The van der Waals surface area contributed by atoms with Gasteiger partial charge in [-0.15, -0.1) is 0 Å². The zero-order valence-electron chi connectivity index (χ0n) is 11.5. The molecule has 1 atom stereocenters. The maximum absolute atomic E-state index is 6.21. The van der Waals surface area contributed by atoms with Crippen molar-refractivity contribution in [1.29, 1.82) is 0 Å². The Morgan fingerprint density at radius 2 is 1.74 bits per heavy atom. The average molecular weight is 274 g/mol. The van der Waals surface area contributed by atoms with Crippen molar-refractivity contribution in [2.45, 2.75) is 32.7 Å². The van der Waals surface area contributed by atoms with Gasteiger partial charge in [0.2, 0.25) is 0 Å². The topological polar surface area (TPSA) is 12.0 Å². The summed E-state index contributed by atoms with van der Waals surface area (Å²) >= 11 is 6.21. The van der Waals surface area contributed by atoms with Crippen LogP contribution in [0.1, 0.15) is 37.4 Å². The molecule has 2 heteroatoms. The van der Waals surface area contributed by atoms with Gasteiger partial charge in [-0.1, -0.05) is 55.3 Å². The number of hydrogen-bond donors (Lipinski definition) is 1. The van der Waals surface area contributed by atoms with Crippen molar-refractivity contribution in [3.8, 4) is 0 Å². The second kappa shape index (κ2) is 6.63. The van der Waals surface area contributed by atoms with E-state index in [1.807, 2.05) is 18.2 Å². The van der Waals surface area contributed by atoms with E-state index in [2.05, 4.69) is 49.5 Å². The first kappa shape index (κ1) is 14.0. The van der Waals surface area contributed by atoms with E-state index in [0.717, 1.165) is 22.7 Å². The van der Waals surface area contributed by atoms with E-state index in [4.69, 9.17) is 11.6 Å². The Morgan fingerprint density at radius 1 is 1.05 bits per heavy atom. The highest BCUT2D eigenvalue weighted by molar-refractivity contribution is 6.31. The maximum Gasteiger partial charge on any atom is 0.0500 e. The SMILES string of the molecule is CCCc1ccc(NC(C)c2ccccc2Cl)cc1. The molecule has 0 radical (unpaired) electrons. The van der Waals surface area contributed by atoms with Crippen LogP contribution in [0.25, 0.3) is 0 Å². The summed E-state index contributed by atoms with van der Waals surface area (Å²) in [6, 6.07) is 16.8. The molecule has 0 amide bonds. The predicted octanol–water partition coefficient (Wildman–Crippen LogP) is 5.47. The van der Waals surface area contributed by atoms with Crippen LogP contribution in [-0.4, -0.2) is 0 Å². The van der Waals surface area contributed by atoms with E-state index >= 15 is 0 Å². The van der Waals surface area contributed by atoms with E-state index in [0.29, 0.717) is 0 Å². The van der Waals surface area contributed by atoms with E-state index < -0.39 is 0 Å². The first-order valence-corrected chi connectivity index (χ1v) is 7.18. The van der Waals surface area contributed by atoms with Crippen LogP contribution in [0.4, 0.5) is 5.69 Å². The molecule has 2 aromatic rings. The highest BCUT2D eigenvalue weighted by Crippen LogP contribution is 2.25. The first-order valence-electron chi connectivity index (χ1n) is 6.80. The van der Waals surface area contributed by atoms with Crippen LogP contribution >= 0.6 is 11.6 Å². The van der Waals surface area contributed by atoms with Crippen LogP contribution in [0.2, 0.25) is 5.02 Å². The van der Waals surface area contributed by atoms with Crippen LogP contribution in [0.3, 0.4) is 0 Å². The molecule has 0 aliphatic carbocycles. The van der Waals surface area contributed by atoms with Crippen LogP contribution < -0.4 is 5.32 Å². The van der Waals surface area contributed by atoms with Crippen molar-refractivity contribution in [2.75, 3.05) is 5.32 Å². The summed E-state index contributed by atoms with van der Waals surface area (Å²) in [6.07, 6.45) is 2.32. The number of rotatable bonds is 5. The Hall–Kier alpha value is -1.47. The molecule has 1 nitrogen and oxygen atoms in total.